The van der Waals surface area contributed by atoms with Gasteiger partial charge in [-0.3, -0.25) is 4.79 Å². The van der Waals surface area contributed by atoms with E-state index in [4.69, 9.17) is 54.1 Å². The maximum atomic E-state index is 10.8. The number of ether oxygens (including phenoxy) is 6. The number of hydrogen-bond acceptors (Lipinski definition) is 14. The minimum atomic E-state index is -1.79. The fourth-order valence-electron chi connectivity index (χ4n) is 14.8. The summed E-state index contributed by atoms with van der Waals surface area (Å²) in [5.41, 5.74) is 7.47. The molecule has 4 unspecified atom stereocenters. The van der Waals surface area contributed by atoms with E-state index in [2.05, 4.69) is 196 Å². The number of aliphatic hydroxyl groups is 1. The smallest absolute Gasteiger partial charge is 0.335 e. The lowest BCUT2D eigenvalue weighted by Crippen LogP contribution is -2.42. The number of aliphatic hydroxyl groups excluding tert-OH is 1. The fourth-order valence-corrected chi connectivity index (χ4v) is 17.1. The summed E-state index contributed by atoms with van der Waals surface area (Å²) >= 11 is -1.50. The molecule has 1 N–H and O–H groups in total. The molecule has 0 bridgehead atoms. The summed E-state index contributed by atoms with van der Waals surface area (Å²) in [6, 6.07) is 21.8. The third kappa shape index (κ3) is 26.0. The van der Waals surface area contributed by atoms with Gasteiger partial charge >= 0.3 is 23.1 Å². The number of rotatable bonds is 29. The Kier molecular flexibility index (Phi) is 35.2. The quantitative estimate of drug-likeness (QED) is 0.0352. The first-order valence-electron chi connectivity index (χ1n) is 36.8. The van der Waals surface area contributed by atoms with E-state index in [0.29, 0.717) is 47.3 Å². The molecule has 6 aliphatic heterocycles. The summed E-state index contributed by atoms with van der Waals surface area (Å²) in [6.07, 6.45) is 20.3. The van der Waals surface area contributed by atoms with Crippen molar-refractivity contribution in [1.82, 2.24) is 0 Å². The van der Waals surface area contributed by atoms with Crippen molar-refractivity contribution in [3.05, 3.63) is 133 Å². The highest BCUT2D eigenvalue weighted by Gasteiger charge is 2.48. The number of allylic oxidation sites excluding steroid dienone is 1. The second-order valence-electron chi connectivity index (χ2n) is 32.9. The van der Waals surface area contributed by atoms with Gasteiger partial charge in [-0.1, -0.05) is 176 Å². The Bertz CT molecular complexity index is 2870. The van der Waals surface area contributed by atoms with Crippen LogP contribution < -0.4 is 0 Å². The van der Waals surface area contributed by atoms with E-state index >= 15 is 0 Å². The lowest BCUT2D eigenvalue weighted by atomic mass is 9.78. The first-order valence-corrected chi connectivity index (χ1v) is 43.9. The first-order chi connectivity index (χ1) is 46.2. The zero-order chi connectivity index (χ0) is 72.7. The second-order valence-corrected chi connectivity index (χ2v) is 42.8. The van der Waals surface area contributed by atoms with Crippen LogP contribution in [0.4, 0.5) is 0 Å². The van der Waals surface area contributed by atoms with Gasteiger partial charge in [-0.05, 0) is 207 Å². The molecular weight excluding hydrogens is 1310 g/mol. The summed E-state index contributed by atoms with van der Waals surface area (Å²) in [6.45, 7) is 56.8. The van der Waals surface area contributed by atoms with Crippen LogP contribution in [0, 0.1) is 47.3 Å². The molecule has 6 fully saturated rings. The zero-order valence-corrected chi connectivity index (χ0v) is 66.5. The Morgan fingerprint density at radius 2 is 0.939 bits per heavy atom. The van der Waals surface area contributed by atoms with E-state index in [1.165, 1.54) is 33.9 Å². The van der Waals surface area contributed by atoms with E-state index in [-0.39, 0.29) is 89.9 Å². The van der Waals surface area contributed by atoms with Gasteiger partial charge in [0, 0.05) is 39.1 Å². The molecule has 0 radical (unpaired) electrons. The highest BCUT2D eigenvalue weighted by Crippen LogP contribution is 2.47. The molecule has 0 saturated carbocycles. The zero-order valence-electron chi connectivity index (χ0n) is 62.9. The van der Waals surface area contributed by atoms with Crippen LogP contribution in [0.1, 0.15) is 184 Å². The molecule has 0 aliphatic carbocycles. The maximum absolute atomic E-state index is 10.8. The van der Waals surface area contributed by atoms with Crippen LogP contribution in [0.25, 0.3) is 0 Å². The summed E-state index contributed by atoms with van der Waals surface area (Å²) < 4.78 is 86.7. The van der Waals surface area contributed by atoms with Crippen LogP contribution in [0.2, 0.25) is 36.3 Å². The monoisotopic (exact) mass is 1430 g/mol. The van der Waals surface area contributed by atoms with E-state index < -0.39 is 39.8 Å². The van der Waals surface area contributed by atoms with E-state index in [9.17, 15) is 9.90 Å². The van der Waals surface area contributed by atoms with Crippen molar-refractivity contribution in [2.75, 3.05) is 19.8 Å². The van der Waals surface area contributed by atoms with Gasteiger partial charge in [-0.25, -0.2) is 0 Å². The molecule has 552 valence electrons. The van der Waals surface area contributed by atoms with Gasteiger partial charge < -0.3 is 42.4 Å². The van der Waals surface area contributed by atoms with Crippen LogP contribution in [-0.4, -0.2) is 138 Å². The van der Waals surface area contributed by atoms with Crippen molar-refractivity contribution in [1.29, 1.82) is 0 Å². The van der Waals surface area contributed by atoms with Crippen molar-refractivity contribution >= 4 is 46.1 Å². The molecule has 2 aromatic carbocycles. The molecule has 0 aromatic heterocycles. The highest BCUT2D eigenvalue weighted by molar-refractivity contribution is 7.52. The SMILES string of the molecule is C=C1C[C@H](/C=C/C=O)OC1CC[C@H]1C[C@@H](C)C(=C)C(C[C@@H]2O[C@H](C[C@H](C)CO[Si](C)(C)C(C)(C)C)[C@H](C)[C@H]2Cc2ccccc2)O1.C=C1C[C@H](CCCO)OC1CC[C@H]1C[C@@H](C)C(=C)C(C[C@@H]2O[C@H](C[C@H](C)CO[Si](C)(C)C(C)(C)C)[C@H](C)[C@H]2Cc2ccccc2)O1.O=S=O.O=S=O. The molecule has 2 aromatic rings. The molecule has 0 spiro atoms. The normalized spacial score (nSPS) is 31.4. The van der Waals surface area contributed by atoms with Crippen LogP contribution in [0.3, 0.4) is 0 Å². The summed E-state index contributed by atoms with van der Waals surface area (Å²) in [7, 11) is -3.58. The average Bonchev–Trinajstić information content (AvgIpc) is 1.65. The Balaban J connectivity index is 0.000000328. The lowest BCUT2D eigenvalue weighted by molar-refractivity contribution is -0.104. The number of aldehydes is 1. The predicted molar refractivity (Wildman–Crippen MR) is 402 cm³/mol. The van der Waals surface area contributed by atoms with Crippen molar-refractivity contribution in [2.45, 2.75) is 295 Å². The van der Waals surface area contributed by atoms with Crippen LogP contribution in [-0.2, 0) is 78.1 Å². The van der Waals surface area contributed by atoms with Gasteiger partial charge in [0.1, 0.15) is 6.29 Å². The maximum Gasteiger partial charge on any atom is 0.335 e. The highest BCUT2D eigenvalue weighted by atomic mass is 32.1. The van der Waals surface area contributed by atoms with Gasteiger partial charge in [0.05, 0.1) is 73.2 Å². The molecule has 20 atom stereocenters. The van der Waals surface area contributed by atoms with Crippen molar-refractivity contribution in [3.63, 3.8) is 0 Å². The van der Waals surface area contributed by atoms with Crippen LogP contribution in [0.15, 0.2) is 121 Å². The van der Waals surface area contributed by atoms with E-state index in [1.807, 2.05) is 6.08 Å². The van der Waals surface area contributed by atoms with Crippen molar-refractivity contribution in [2.24, 2.45) is 47.3 Å². The number of carbonyl (C=O) groups is 1. The average molecular weight is 1430 g/mol. The largest absolute Gasteiger partial charge is 0.417 e. The predicted octanol–water partition coefficient (Wildman–Crippen LogP) is 17.2. The lowest BCUT2D eigenvalue weighted by Gasteiger charge is -2.38. The van der Waals surface area contributed by atoms with Crippen LogP contribution >= 0.6 is 0 Å². The molecule has 0 amide bonds. The summed E-state index contributed by atoms with van der Waals surface area (Å²) in [5.74, 6) is 3.44. The van der Waals surface area contributed by atoms with Gasteiger partial charge in [-0.2, -0.15) is 16.8 Å². The molecule has 6 saturated heterocycles. The summed E-state index contributed by atoms with van der Waals surface area (Å²) in [5, 5.41) is 9.65. The van der Waals surface area contributed by atoms with Crippen molar-refractivity contribution in [3.8, 4) is 0 Å². The Morgan fingerprint density at radius 3 is 1.33 bits per heavy atom. The first kappa shape index (κ1) is 85.2. The van der Waals surface area contributed by atoms with E-state index in [0.717, 1.165) is 128 Å². The minimum absolute atomic E-state index is 0.00677. The Labute approximate surface area is 601 Å². The van der Waals surface area contributed by atoms with Gasteiger partial charge in [-0.15, -0.1) is 0 Å². The molecule has 14 nitrogen and oxygen atoms in total. The number of carbonyl (C=O) groups excluding carboxylic acids is 1. The molecule has 6 heterocycles. The van der Waals surface area contributed by atoms with Crippen LogP contribution in [0.5, 0.6) is 0 Å². The molecule has 18 heteroatoms. The molecule has 98 heavy (non-hydrogen) atoms. The molecule has 8 rings (SSSR count). The third-order valence-electron chi connectivity index (χ3n) is 23.2. The van der Waals surface area contributed by atoms with Gasteiger partial charge in [0.15, 0.2) is 16.6 Å². The standard InChI is InChI=1S/C40H66O5Si.C40H62O5Si.2O2S/c2*1-27(26-42-46(9,10)40(6,7)8)21-37-31(5)35(24-32-15-12-11-13-16-32)39(45-37)25-38-30(4)28(2)22-34(44-38)18-19-36-29(3)23-33(43-36)17-14-20-41;2*1-3-2/h11-13,15-16,27-28,31,33-39,41H,3-4,14,17-26H2,1-2,5-10H3;11-17,20,27-28,31,33-39H,3-4,18-19,21-26H2,1-2,5-10H3;;/b;17-14+;;/t2*27-,28+,31+,33-,34-,35+,36?,37+,38?,39-;;/m00../s1. The Hall–Kier alpha value is -3.48. The van der Waals surface area contributed by atoms with Crippen molar-refractivity contribution < 1.29 is 64.0 Å². The minimum Gasteiger partial charge on any atom is -0.417 e. The molecule has 6 aliphatic rings. The van der Waals surface area contributed by atoms with Gasteiger partial charge in [0.25, 0.3) is 0 Å². The fraction of sp³-hybridized carbons (Fsp3) is 0.713. The van der Waals surface area contributed by atoms with E-state index in [1.54, 1.807) is 0 Å². The number of hydrogen-bond donors (Lipinski definition) is 1. The second kappa shape index (κ2) is 40.5. The third-order valence-corrected chi connectivity index (χ3v) is 32.2. The van der Waals surface area contributed by atoms with Gasteiger partial charge in [0.2, 0.25) is 0 Å². The molecular formula is C80H128O14S2Si2. The summed E-state index contributed by atoms with van der Waals surface area (Å²) in [4.78, 5) is 10.8. The Morgan fingerprint density at radius 1 is 0.551 bits per heavy atom. The topological polar surface area (TPSA) is 179 Å². The number of benzene rings is 2.